The van der Waals surface area contributed by atoms with Crippen molar-refractivity contribution in [3.05, 3.63) is 42.5 Å². The molecule has 2 nitrogen and oxygen atoms in total. The zero-order valence-electron chi connectivity index (χ0n) is 10.3. The molecule has 0 aliphatic heterocycles. The minimum absolute atomic E-state index is 0.0242. The van der Waals surface area contributed by atoms with Gasteiger partial charge in [0.15, 0.2) is 0 Å². The molecule has 1 N–H and O–H groups in total. The van der Waals surface area contributed by atoms with E-state index in [1.54, 1.807) is 6.92 Å². The van der Waals surface area contributed by atoms with Gasteiger partial charge < -0.3 is 9.84 Å². The highest BCUT2D eigenvalue weighted by molar-refractivity contribution is 5.83. The van der Waals surface area contributed by atoms with Crippen LogP contribution in [0.15, 0.2) is 42.5 Å². The van der Waals surface area contributed by atoms with Gasteiger partial charge in [-0.15, -0.1) is 0 Å². The maximum Gasteiger partial charge on any atom is 0.120 e. The molecule has 0 aliphatic carbocycles. The first-order chi connectivity index (χ1) is 8.15. The first-order valence-electron chi connectivity index (χ1n) is 5.98. The zero-order chi connectivity index (χ0) is 12.3. The Kier molecular flexibility index (Phi) is 3.64. The number of hydrogen-bond donors (Lipinski definition) is 1. The van der Waals surface area contributed by atoms with Gasteiger partial charge in [0, 0.05) is 6.42 Å². The molecule has 2 unspecified atom stereocenters. The first kappa shape index (κ1) is 11.9. The van der Waals surface area contributed by atoms with Crippen molar-refractivity contribution in [1.29, 1.82) is 0 Å². The topological polar surface area (TPSA) is 29.5 Å². The molecule has 0 bridgehead atoms. The summed E-state index contributed by atoms with van der Waals surface area (Å²) in [5, 5.41) is 11.7. The predicted molar refractivity (Wildman–Crippen MR) is 70.3 cm³/mol. The molecule has 2 rings (SSSR count). The highest BCUT2D eigenvalue weighted by Gasteiger charge is 2.07. The average molecular weight is 230 g/mol. The normalized spacial score (nSPS) is 14.5. The van der Waals surface area contributed by atoms with E-state index in [1.165, 1.54) is 10.8 Å². The van der Waals surface area contributed by atoms with E-state index >= 15 is 0 Å². The van der Waals surface area contributed by atoms with Crippen molar-refractivity contribution in [3.63, 3.8) is 0 Å². The van der Waals surface area contributed by atoms with Crippen LogP contribution in [-0.4, -0.2) is 17.3 Å². The van der Waals surface area contributed by atoms with Crippen LogP contribution in [0.4, 0.5) is 0 Å². The molecule has 2 atom stereocenters. The lowest BCUT2D eigenvalue weighted by atomic mass is 10.1. The highest BCUT2D eigenvalue weighted by atomic mass is 16.5. The van der Waals surface area contributed by atoms with Gasteiger partial charge in [0.25, 0.3) is 0 Å². The maximum atomic E-state index is 9.29. The molecule has 2 aromatic rings. The molecular weight excluding hydrogens is 212 g/mol. The van der Waals surface area contributed by atoms with Crippen LogP contribution in [0.1, 0.15) is 20.3 Å². The lowest BCUT2D eigenvalue weighted by Crippen LogP contribution is -2.18. The molecule has 0 aromatic heterocycles. The summed E-state index contributed by atoms with van der Waals surface area (Å²) in [6, 6.07) is 14.3. The van der Waals surface area contributed by atoms with Gasteiger partial charge in [-0.25, -0.2) is 0 Å². The van der Waals surface area contributed by atoms with Gasteiger partial charge in [0.2, 0.25) is 0 Å². The number of hydrogen-bond acceptors (Lipinski definition) is 2. The van der Waals surface area contributed by atoms with Crippen LogP contribution in [-0.2, 0) is 0 Å². The summed E-state index contributed by atoms with van der Waals surface area (Å²) >= 11 is 0. The average Bonchev–Trinajstić information content (AvgIpc) is 2.27. The molecule has 0 saturated carbocycles. The molecule has 17 heavy (non-hydrogen) atoms. The Morgan fingerprint density at radius 1 is 1.06 bits per heavy atom. The summed E-state index contributed by atoms with van der Waals surface area (Å²) in [7, 11) is 0. The lowest BCUT2D eigenvalue weighted by molar-refractivity contribution is 0.115. The van der Waals surface area contributed by atoms with Crippen molar-refractivity contribution in [3.8, 4) is 5.75 Å². The second-order valence-electron chi connectivity index (χ2n) is 4.52. The SMILES string of the molecule is CC(O)CC(C)Oc1ccc2ccccc2c1. The minimum atomic E-state index is -0.328. The lowest BCUT2D eigenvalue weighted by Gasteiger charge is -2.16. The number of rotatable bonds is 4. The van der Waals surface area contributed by atoms with Crippen molar-refractivity contribution < 1.29 is 9.84 Å². The Labute approximate surface area is 102 Å². The Morgan fingerprint density at radius 3 is 2.47 bits per heavy atom. The molecular formula is C15H18O2. The van der Waals surface area contributed by atoms with E-state index in [0.29, 0.717) is 6.42 Å². The van der Waals surface area contributed by atoms with E-state index in [1.807, 2.05) is 31.2 Å². The molecule has 90 valence electrons. The number of fused-ring (bicyclic) bond motifs is 1. The highest BCUT2D eigenvalue weighted by Crippen LogP contribution is 2.22. The molecule has 0 radical (unpaired) electrons. The van der Waals surface area contributed by atoms with Crippen LogP contribution in [0.3, 0.4) is 0 Å². The van der Waals surface area contributed by atoms with E-state index in [0.717, 1.165) is 5.75 Å². The third-order valence-electron chi connectivity index (χ3n) is 2.73. The summed E-state index contributed by atoms with van der Waals surface area (Å²) in [5.41, 5.74) is 0. The van der Waals surface area contributed by atoms with Crippen LogP contribution < -0.4 is 4.74 Å². The van der Waals surface area contributed by atoms with E-state index in [-0.39, 0.29) is 12.2 Å². The molecule has 0 aliphatic rings. The van der Waals surface area contributed by atoms with Gasteiger partial charge in [0.1, 0.15) is 5.75 Å². The zero-order valence-corrected chi connectivity index (χ0v) is 10.3. The fourth-order valence-corrected chi connectivity index (χ4v) is 2.00. The van der Waals surface area contributed by atoms with E-state index in [9.17, 15) is 5.11 Å². The van der Waals surface area contributed by atoms with Crippen molar-refractivity contribution in [2.75, 3.05) is 0 Å². The van der Waals surface area contributed by atoms with Crippen LogP contribution in [0.2, 0.25) is 0 Å². The second-order valence-corrected chi connectivity index (χ2v) is 4.52. The van der Waals surface area contributed by atoms with Crippen LogP contribution in [0, 0.1) is 0 Å². The fraction of sp³-hybridized carbons (Fsp3) is 0.333. The second kappa shape index (κ2) is 5.19. The van der Waals surface area contributed by atoms with Crippen molar-refractivity contribution in [2.24, 2.45) is 0 Å². The monoisotopic (exact) mass is 230 g/mol. The Hall–Kier alpha value is -1.54. The first-order valence-corrected chi connectivity index (χ1v) is 5.98. The largest absolute Gasteiger partial charge is 0.491 e. The molecule has 0 heterocycles. The van der Waals surface area contributed by atoms with E-state index in [2.05, 4.69) is 18.2 Å². The van der Waals surface area contributed by atoms with Gasteiger partial charge in [-0.1, -0.05) is 30.3 Å². The number of aliphatic hydroxyl groups is 1. The van der Waals surface area contributed by atoms with E-state index in [4.69, 9.17) is 4.74 Å². The smallest absolute Gasteiger partial charge is 0.120 e. The summed E-state index contributed by atoms with van der Waals surface area (Å²) in [6.45, 7) is 3.75. The summed E-state index contributed by atoms with van der Waals surface area (Å²) in [4.78, 5) is 0. The third kappa shape index (κ3) is 3.21. The van der Waals surface area contributed by atoms with Crippen molar-refractivity contribution in [2.45, 2.75) is 32.5 Å². The summed E-state index contributed by atoms with van der Waals surface area (Å²) < 4.78 is 5.77. The van der Waals surface area contributed by atoms with Crippen LogP contribution in [0.25, 0.3) is 10.8 Å². The van der Waals surface area contributed by atoms with Crippen LogP contribution >= 0.6 is 0 Å². The molecule has 0 spiro atoms. The minimum Gasteiger partial charge on any atom is -0.491 e. The molecule has 0 amide bonds. The number of aliphatic hydroxyl groups excluding tert-OH is 1. The quantitative estimate of drug-likeness (QED) is 0.872. The standard InChI is InChI=1S/C15H18O2/c1-11(16)9-12(2)17-15-8-7-13-5-3-4-6-14(13)10-15/h3-8,10-12,16H,9H2,1-2H3. The van der Waals surface area contributed by atoms with Gasteiger partial charge >= 0.3 is 0 Å². The predicted octanol–water partition coefficient (Wildman–Crippen LogP) is 3.38. The molecule has 0 fully saturated rings. The van der Waals surface area contributed by atoms with Crippen LogP contribution in [0.5, 0.6) is 5.75 Å². The Bertz CT molecular complexity index is 491. The summed E-state index contributed by atoms with van der Waals surface area (Å²) in [5.74, 6) is 0.858. The van der Waals surface area contributed by atoms with Crippen molar-refractivity contribution in [1.82, 2.24) is 0 Å². The molecule has 2 aromatic carbocycles. The van der Waals surface area contributed by atoms with Crippen molar-refractivity contribution >= 4 is 10.8 Å². The molecule has 2 heteroatoms. The number of benzene rings is 2. The molecule has 0 saturated heterocycles. The van der Waals surface area contributed by atoms with Gasteiger partial charge in [-0.05, 0) is 36.8 Å². The maximum absolute atomic E-state index is 9.29. The van der Waals surface area contributed by atoms with Gasteiger partial charge in [0.05, 0.1) is 12.2 Å². The third-order valence-corrected chi connectivity index (χ3v) is 2.73. The van der Waals surface area contributed by atoms with Gasteiger partial charge in [-0.3, -0.25) is 0 Å². The Balaban J connectivity index is 2.14. The number of ether oxygens (including phenoxy) is 1. The summed E-state index contributed by atoms with van der Waals surface area (Å²) in [6.07, 6.45) is 0.342. The Morgan fingerprint density at radius 2 is 1.76 bits per heavy atom. The van der Waals surface area contributed by atoms with Gasteiger partial charge in [-0.2, -0.15) is 0 Å². The fourth-order valence-electron chi connectivity index (χ4n) is 2.00. The van der Waals surface area contributed by atoms with E-state index < -0.39 is 0 Å².